The number of carbonyl (C=O) groups is 1. The molecule has 0 aliphatic heterocycles. The van der Waals surface area contributed by atoms with Crippen LogP contribution in [0.15, 0.2) is 40.8 Å². The molecule has 2 aromatic carbocycles. The number of aromatic carboxylic acids is 1. The van der Waals surface area contributed by atoms with Gasteiger partial charge in [-0.1, -0.05) is 18.2 Å². The first-order chi connectivity index (χ1) is 8.72. The zero-order chi connectivity index (χ0) is 12.7. The highest BCUT2D eigenvalue weighted by Crippen LogP contribution is 2.32. The highest BCUT2D eigenvalue weighted by Gasteiger charge is 2.19. The van der Waals surface area contributed by atoms with E-state index in [1.54, 1.807) is 12.1 Å². The van der Waals surface area contributed by atoms with E-state index < -0.39 is 5.97 Å². The van der Waals surface area contributed by atoms with Gasteiger partial charge in [-0.2, -0.15) is 5.26 Å². The SMILES string of the molecule is N#Cc1ccc2c(oc3ccccc32)c1C(=O)O. The van der Waals surface area contributed by atoms with Gasteiger partial charge in [0, 0.05) is 10.8 Å². The predicted octanol–water partition coefficient (Wildman–Crippen LogP) is 3.16. The summed E-state index contributed by atoms with van der Waals surface area (Å²) < 4.78 is 5.56. The third kappa shape index (κ3) is 1.28. The van der Waals surface area contributed by atoms with Gasteiger partial charge in [0.15, 0.2) is 5.58 Å². The average Bonchev–Trinajstić information content (AvgIpc) is 2.75. The van der Waals surface area contributed by atoms with E-state index >= 15 is 0 Å². The third-order valence-corrected chi connectivity index (χ3v) is 2.88. The molecule has 0 fully saturated rings. The van der Waals surface area contributed by atoms with Crippen LogP contribution in [0.3, 0.4) is 0 Å². The summed E-state index contributed by atoms with van der Waals surface area (Å²) in [5.41, 5.74) is 0.896. The fourth-order valence-corrected chi connectivity index (χ4v) is 2.09. The second-order valence-corrected chi connectivity index (χ2v) is 3.88. The Morgan fingerprint density at radius 3 is 2.67 bits per heavy atom. The summed E-state index contributed by atoms with van der Waals surface area (Å²) >= 11 is 0. The maximum Gasteiger partial charge on any atom is 0.340 e. The van der Waals surface area contributed by atoms with Crippen molar-refractivity contribution >= 4 is 27.9 Å². The van der Waals surface area contributed by atoms with E-state index in [1.807, 2.05) is 24.3 Å². The number of nitriles is 1. The van der Waals surface area contributed by atoms with Gasteiger partial charge in [-0.25, -0.2) is 4.79 Å². The first-order valence-electron chi connectivity index (χ1n) is 5.30. The van der Waals surface area contributed by atoms with Crippen molar-refractivity contribution in [2.24, 2.45) is 0 Å². The molecule has 0 aliphatic carbocycles. The van der Waals surface area contributed by atoms with Crippen LogP contribution in [0.1, 0.15) is 15.9 Å². The highest BCUT2D eigenvalue weighted by molar-refractivity contribution is 6.12. The Labute approximate surface area is 102 Å². The third-order valence-electron chi connectivity index (χ3n) is 2.88. The number of fused-ring (bicyclic) bond motifs is 3. The normalized spacial score (nSPS) is 10.6. The van der Waals surface area contributed by atoms with Crippen molar-refractivity contribution in [1.82, 2.24) is 0 Å². The predicted molar refractivity (Wildman–Crippen MR) is 65.4 cm³/mol. The molecule has 1 N–H and O–H groups in total. The Kier molecular flexibility index (Phi) is 2.07. The zero-order valence-corrected chi connectivity index (χ0v) is 9.18. The summed E-state index contributed by atoms with van der Waals surface area (Å²) in [5, 5.41) is 19.7. The van der Waals surface area contributed by atoms with Crippen LogP contribution in [0.4, 0.5) is 0 Å². The molecule has 4 nitrogen and oxygen atoms in total. The summed E-state index contributed by atoms with van der Waals surface area (Å²) in [7, 11) is 0. The van der Waals surface area contributed by atoms with Crippen molar-refractivity contribution in [1.29, 1.82) is 5.26 Å². The summed E-state index contributed by atoms with van der Waals surface area (Å²) in [5.74, 6) is -1.16. The summed E-state index contributed by atoms with van der Waals surface area (Å²) in [6.07, 6.45) is 0. The Hall–Kier alpha value is -2.80. The van der Waals surface area contributed by atoms with Crippen molar-refractivity contribution in [3.63, 3.8) is 0 Å². The number of rotatable bonds is 1. The number of para-hydroxylation sites is 1. The van der Waals surface area contributed by atoms with E-state index in [0.29, 0.717) is 11.0 Å². The Morgan fingerprint density at radius 2 is 1.94 bits per heavy atom. The van der Waals surface area contributed by atoms with E-state index in [2.05, 4.69) is 0 Å². The molecule has 0 unspecified atom stereocenters. The van der Waals surface area contributed by atoms with Crippen LogP contribution >= 0.6 is 0 Å². The molecule has 0 atom stereocenters. The van der Waals surface area contributed by atoms with E-state index in [0.717, 1.165) is 5.39 Å². The van der Waals surface area contributed by atoms with Gasteiger partial charge in [-0.3, -0.25) is 0 Å². The minimum atomic E-state index is -1.16. The van der Waals surface area contributed by atoms with E-state index in [4.69, 9.17) is 9.68 Å². The number of furan rings is 1. The molecule has 18 heavy (non-hydrogen) atoms. The van der Waals surface area contributed by atoms with Gasteiger partial charge in [-0.15, -0.1) is 0 Å². The monoisotopic (exact) mass is 237 g/mol. The van der Waals surface area contributed by atoms with Crippen molar-refractivity contribution in [3.8, 4) is 6.07 Å². The molecule has 0 saturated carbocycles. The van der Waals surface area contributed by atoms with Crippen LogP contribution in [0.2, 0.25) is 0 Å². The Balaban J connectivity index is 2.56. The van der Waals surface area contributed by atoms with Crippen molar-refractivity contribution in [2.75, 3.05) is 0 Å². The van der Waals surface area contributed by atoms with Crippen molar-refractivity contribution < 1.29 is 14.3 Å². The van der Waals surface area contributed by atoms with Gasteiger partial charge in [0.1, 0.15) is 17.2 Å². The molecule has 86 valence electrons. The molecule has 0 amide bonds. The molecule has 4 heteroatoms. The quantitative estimate of drug-likeness (QED) is 0.705. The van der Waals surface area contributed by atoms with Gasteiger partial charge in [0.05, 0.1) is 5.56 Å². The smallest absolute Gasteiger partial charge is 0.340 e. The van der Waals surface area contributed by atoms with Gasteiger partial charge < -0.3 is 9.52 Å². The number of hydrogen-bond acceptors (Lipinski definition) is 3. The molecule has 0 saturated heterocycles. The second kappa shape index (κ2) is 3.60. The van der Waals surface area contributed by atoms with Crippen LogP contribution in [0, 0.1) is 11.3 Å². The van der Waals surface area contributed by atoms with Gasteiger partial charge in [-0.05, 0) is 18.2 Å². The van der Waals surface area contributed by atoms with Crippen LogP contribution < -0.4 is 0 Å². The van der Waals surface area contributed by atoms with E-state index in [-0.39, 0.29) is 16.7 Å². The maximum absolute atomic E-state index is 11.3. The zero-order valence-electron chi connectivity index (χ0n) is 9.18. The highest BCUT2D eigenvalue weighted by atomic mass is 16.4. The molecular formula is C14H7NO3. The number of nitrogens with zero attached hydrogens (tertiary/aromatic N) is 1. The molecule has 3 rings (SSSR count). The Morgan fingerprint density at radius 1 is 1.17 bits per heavy atom. The van der Waals surface area contributed by atoms with E-state index in [9.17, 15) is 9.90 Å². The lowest BCUT2D eigenvalue weighted by Crippen LogP contribution is -2.00. The molecule has 1 heterocycles. The Bertz CT molecular complexity index is 824. The lowest BCUT2D eigenvalue weighted by Gasteiger charge is -1.98. The minimum Gasteiger partial charge on any atom is -0.478 e. The second-order valence-electron chi connectivity index (χ2n) is 3.88. The largest absolute Gasteiger partial charge is 0.478 e. The molecule has 3 aromatic rings. The standard InChI is InChI=1S/C14H7NO3/c15-7-8-5-6-10-9-3-1-2-4-11(9)18-13(10)12(8)14(16)17/h1-6H,(H,16,17). The van der Waals surface area contributed by atoms with Crippen LogP contribution in [0.5, 0.6) is 0 Å². The molecule has 0 bridgehead atoms. The number of carboxylic acid groups (broad SMARTS) is 1. The number of hydrogen-bond donors (Lipinski definition) is 1. The van der Waals surface area contributed by atoms with Crippen LogP contribution in [-0.4, -0.2) is 11.1 Å². The van der Waals surface area contributed by atoms with Crippen LogP contribution in [-0.2, 0) is 0 Å². The molecular weight excluding hydrogens is 230 g/mol. The van der Waals surface area contributed by atoms with Crippen molar-refractivity contribution in [3.05, 3.63) is 47.5 Å². The number of carboxylic acids is 1. The van der Waals surface area contributed by atoms with Crippen LogP contribution in [0.25, 0.3) is 21.9 Å². The molecule has 0 aliphatic rings. The average molecular weight is 237 g/mol. The lowest BCUT2D eigenvalue weighted by molar-refractivity contribution is 0.0697. The summed E-state index contributed by atoms with van der Waals surface area (Å²) in [6.45, 7) is 0. The molecule has 0 spiro atoms. The topological polar surface area (TPSA) is 74.2 Å². The minimum absolute atomic E-state index is 0.0776. The number of benzene rings is 2. The van der Waals surface area contributed by atoms with Gasteiger partial charge >= 0.3 is 5.97 Å². The lowest BCUT2D eigenvalue weighted by atomic mass is 10.0. The fraction of sp³-hybridized carbons (Fsp3) is 0. The first-order valence-corrected chi connectivity index (χ1v) is 5.30. The first kappa shape index (κ1) is 10.4. The van der Waals surface area contributed by atoms with Gasteiger partial charge in [0.2, 0.25) is 0 Å². The van der Waals surface area contributed by atoms with Crippen molar-refractivity contribution in [2.45, 2.75) is 0 Å². The summed E-state index contributed by atoms with van der Waals surface area (Å²) in [6, 6.07) is 12.4. The fourth-order valence-electron chi connectivity index (χ4n) is 2.09. The molecule has 0 radical (unpaired) electrons. The maximum atomic E-state index is 11.3. The summed E-state index contributed by atoms with van der Waals surface area (Å²) in [4.78, 5) is 11.3. The van der Waals surface area contributed by atoms with Gasteiger partial charge in [0.25, 0.3) is 0 Å². The van der Waals surface area contributed by atoms with E-state index in [1.165, 1.54) is 6.07 Å². The molecule has 1 aromatic heterocycles.